The Bertz CT molecular complexity index is 1310. The Morgan fingerprint density at radius 3 is 2.44 bits per heavy atom. The lowest BCUT2D eigenvalue weighted by atomic mass is 10.0. The number of amides is 1. The van der Waals surface area contributed by atoms with Crippen molar-refractivity contribution in [2.24, 2.45) is 0 Å². The van der Waals surface area contributed by atoms with Crippen molar-refractivity contribution < 1.29 is 13.9 Å². The lowest BCUT2D eigenvalue weighted by Gasteiger charge is -2.17. The number of hydrogen-bond donors (Lipinski definition) is 1. The lowest BCUT2D eigenvalue weighted by Crippen LogP contribution is -2.40. The van der Waals surface area contributed by atoms with Crippen molar-refractivity contribution >= 4 is 23.7 Å². The van der Waals surface area contributed by atoms with Crippen molar-refractivity contribution in [2.75, 3.05) is 33.0 Å². The second kappa shape index (κ2) is 14.9. The molecular formula is C31H34N4O3S. The molecule has 0 fully saturated rings. The van der Waals surface area contributed by atoms with E-state index in [0.29, 0.717) is 30.7 Å². The Labute approximate surface area is 234 Å². The number of para-hydroxylation sites is 1. The number of carbonyl (C=O) groups excluding carboxylic acids is 1. The number of ether oxygens (including phenoxy) is 1. The minimum Gasteiger partial charge on any atom is -0.493 e. The first-order chi connectivity index (χ1) is 19.0. The molecule has 0 aliphatic carbocycles. The van der Waals surface area contributed by atoms with Gasteiger partial charge in [0.1, 0.15) is 5.75 Å². The van der Waals surface area contributed by atoms with Gasteiger partial charge in [0.2, 0.25) is 17.7 Å². The van der Waals surface area contributed by atoms with Gasteiger partial charge < -0.3 is 19.4 Å². The fraction of sp³-hybridized carbons (Fsp3) is 0.258. The van der Waals surface area contributed by atoms with Gasteiger partial charge in [-0.1, -0.05) is 72.8 Å². The molecule has 0 spiro atoms. The van der Waals surface area contributed by atoms with Gasteiger partial charge in [0.05, 0.1) is 24.9 Å². The van der Waals surface area contributed by atoms with Gasteiger partial charge in [0, 0.05) is 11.3 Å². The van der Waals surface area contributed by atoms with Crippen LogP contribution in [0.3, 0.4) is 0 Å². The molecule has 0 bridgehead atoms. The van der Waals surface area contributed by atoms with Crippen LogP contribution in [0.2, 0.25) is 0 Å². The standard InChI is InChI=1S/C31H34N4O3S/c1-35(2)22-29(36)32-27(21-25-9-5-3-6-10-25)18-15-24-13-16-26(17-14-24)31-34-33-30(38-31)23-39-20-19-37-28-11-7-4-8-12-28/h3-18,27H,19-23H2,1-2H3,(H,32,36)/b18-15+. The van der Waals surface area contributed by atoms with Crippen LogP contribution in [0.15, 0.2) is 95.4 Å². The van der Waals surface area contributed by atoms with Crippen LogP contribution in [-0.4, -0.2) is 60.0 Å². The van der Waals surface area contributed by atoms with Crippen molar-refractivity contribution in [2.45, 2.75) is 18.2 Å². The van der Waals surface area contributed by atoms with Crippen LogP contribution in [0.25, 0.3) is 17.5 Å². The highest BCUT2D eigenvalue weighted by Gasteiger charge is 2.12. The van der Waals surface area contributed by atoms with E-state index in [1.54, 1.807) is 11.8 Å². The topological polar surface area (TPSA) is 80.5 Å². The van der Waals surface area contributed by atoms with Gasteiger partial charge in [0.15, 0.2) is 0 Å². The van der Waals surface area contributed by atoms with Gasteiger partial charge in [-0.15, -0.1) is 22.0 Å². The summed E-state index contributed by atoms with van der Waals surface area (Å²) < 4.78 is 11.6. The van der Waals surface area contributed by atoms with Gasteiger partial charge in [-0.2, -0.15) is 0 Å². The number of rotatable bonds is 14. The summed E-state index contributed by atoms with van der Waals surface area (Å²) in [6.07, 6.45) is 4.79. The Kier molecular flexibility index (Phi) is 10.7. The van der Waals surface area contributed by atoms with Crippen LogP contribution in [0.1, 0.15) is 17.0 Å². The predicted octanol–water partition coefficient (Wildman–Crippen LogP) is 5.35. The minimum atomic E-state index is -0.117. The summed E-state index contributed by atoms with van der Waals surface area (Å²) in [6, 6.07) is 27.8. The fourth-order valence-electron chi connectivity index (χ4n) is 3.86. The highest BCUT2D eigenvalue weighted by Crippen LogP contribution is 2.21. The predicted molar refractivity (Wildman–Crippen MR) is 157 cm³/mol. The van der Waals surface area contributed by atoms with Gasteiger partial charge in [-0.25, -0.2) is 0 Å². The Hall–Kier alpha value is -3.88. The summed E-state index contributed by atoms with van der Waals surface area (Å²) in [5, 5.41) is 11.5. The quantitative estimate of drug-likeness (QED) is 0.215. The first kappa shape index (κ1) is 28.1. The molecule has 1 heterocycles. The van der Waals surface area contributed by atoms with Crippen LogP contribution in [0, 0.1) is 0 Å². The molecule has 0 saturated heterocycles. The molecule has 8 heteroatoms. The Morgan fingerprint density at radius 2 is 1.72 bits per heavy atom. The number of carbonyl (C=O) groups is 1. The summed E-state index contributed by atoms with van der Waals surface area (Å²) in [7, 11) is 3.77. The van der Waals surface area contributed by atoms with Crippen molar-refractivity contribution in [1.29, 1.82) is 0 Å². The summed E-state index contributed by atoms with van der Waals surface area (Å²) in [6.45, 7) is 0.968. The van der Waals surface area contributed by atoms with Gasteiger partial charge in [-0.3, -0.25) is 4.79 Å². The van der Waals surface area contributed by atoms with Gasteiger partial charge >= 0.3 is 0 Å². The van der Waals surface area contributed by atoms with E-state index in [-0.39, 0.29) is 11.9 Å². The van der Waals surface area contributed by atoms with E-state index in [2.05, 4.69) is 27.6 Å². The maximum atomic E-state index is 12.4. The zero-order chi connectivity index (χ0) is 27.3. The molecule has 39 heavy (non-hydrogen) atoms. The third-order valence-corrected chi connectivity index (χ3v) is 6.62. The normalized spacial score (nSPS) is 12.1. The zero-order valence-electron chi connectivity index (χ0n) is 22.3. The molecule has 7 nitrogen and oxygen atoms in total. The minimum absolute atomic E-state index is 0.00462. The average molecular weight is 543 g/mol. The van der Waals surface area contributed by atoms with Gasteiger partial charge in [0.25, 0.3) is 0 Å². The Balaban J connectivity index is 1.29. The first-order valence-corrected chi connectivity index (χ1v) is 14.1. The zero-order valence-corrected chi connectivity index (χ0v) is 23.1. The van der Waals surface area contributed by atoms with Crippen LogP contribution in [-0.2, 0) is 17.0 Å². The summed E-state index contributed by atoms with van der Waals surface area (Å²) in [5.74, 6) is 3.42. The molecule has 0 saturated carbocycles. The molecule has 1 unspecified atom stereocenters. The van der Waals surface area contributed by atoms with Crippen molar-refractivity contribution in [3.63, 3.8) is 0 Å². The van der Waals surface area contributed by atoms with E-state index in [9.17, 15) is 4.79 Å². The van der Waals surface area contributed by atoms with E-state index >= 15 is 0 Å². The maximum Gasteiger partial charge on any atom is 0.247 e. The SMILES string of the molecule is CN(C)CC(=O)NC(/C=C/c1ccc(-c2nnc(CSCCOc3ccccc3)o2)cc1)Cc1ccccc1. The molecule has 1 amide bonds. The molecule has 1 atom stereocenters. The number of nitrogens with zero attached hydrogens (tertiary/aromatic N) is 3. The smallest absolute Gasteiger partial charge is 0.247 e. The number of nitrogens with one attached hydrogen (secondary N) is 1. The largest absolute Gasteiger partial charge is 0.493 e. The summed E-state index contributed by atoms with van der Waals surface area (Å²) in [5.41, 5.74) is 3.05. The lowest BCUT2D eigenvalue weighted by molar-refractivity contribution is -0.122. The molecular weight excluding hydrogens is 508 g/mol. The first-order valence-electron chi connectivity index (χ1n) is 12.9. The van der Waals surface area contributed by atoms with Crippen molar-refractivity contribution in [1.82, 2.24) is 20.4 Å². The number of likely N-dealkylation sites (N-methyl/N-ethyl adjacent to an activating group) is 1. The average Bonchev–Trinajstić information content (AvgIpc) is 3.41. The van der Waals surface area contributed by atoms with E-state index < -0.39 is 0 Å². The second-order valence-corrected chi connectivity index (χ2v) is 10.4. The Morgan fingerprint density at radius 1 is 1.00 bits per heavy atom. The van der Waals surface area contributed by atoms with E-state index in [1.165, 1.54) is 5.56 Å². The fourth-order valence-corrected chi connectivity index (χ4v) is 4.50. The van der Waals surface area contributed by atoms with Gasteiger partial charge in [-0.05, 0) is 55.9 Å². The van der Waals surface area contributed by atoms with Crippen molar-refractivity contribution in [3.8, 4) is 17.2 Å². The molecule has 1 aromatic heterocycles. The third-order valence-electron chi connectivity index (χ3n) is 5.72. The van der Waals surface area contributed by atoms with E-state index in [4.69, 9.17) is 9.15 Å². The monoisotopic (exact) mass is 542 g/mol. The van der Waals surface area contributed by atoms with Crippen molar-refractivity contribution in [3.05, 3.63) is 108 Å². The van der Waals surface area contributed by atoms with Crippen LogP contribution >= 0.6 is 11.8 Å². The number of aromatic nitrogens is 2. The van der Waals surface area contributed by atoms with E-state index in [1.807, 2.05) is 104 Å². The molecule has 3 aromatic carbocycles. The maximum absolute atomic E-state index is 12.4. The molecule has 1 N–H and O–H groups in total. The molecule has 0 radical (unpaired) electrons. The molecule has 4 aromatic rings. The van der Waals surface area contributed by atoms with Crippen LogP contribution < -0.4 is 10.1 Å². The third kappa shape index (κ3) is 9.74. The highest BCUT2D eigenvalue weighted by atomic mass is 32.2. The van der Waals surface area contributed by atoms with Crippen LogP contribution in [0.4, 0.5) is 0 Å². The number of thioether (sulfide) groups is 1. The summed E-state index contributed by atoms with van der Waals surface area (Å²) >= 11 is 1.69. The molecule has 202 valence electrons. The molecule has 0 aliphatic rings. The van der Waals surface area contributed by atoms with E-state index in [0.717, 1.165) is 29.1 Å². The number of hydrogen-bond acceptors (Lipinski definition) is 7. The number of benzene rings is 3. The second-order valence-electron chi connectivity index (χ2n) is 9.30. The molecule has 4 rings (SSSR count). The van der Waals surface area contributed by atoms with Crippen LogP contribution in [0.5, 0.6) is 5.75 Å². The molecule has 0 aliphatic heterocycles. The highest BCUT2D eigenvalue weighted by molar-refractivity contribution is 7.98. The summed E-state index contributed by atoms with van der Waals surface area (Å²) in [4.78, 5) is 14.3.